The predicted molar refractivity (Wildman–Crippen MR) is 73.0 cm³/mol. The predicted octanol–water partition coefficient (Wildman–Crippen LogP) is 4.30. The molecule has 1 aromatic carbocycles. The molecule has 0 aliphatic carbocycles. The van der Waals surface area contributed by atoms with Crippen LogP contribution < -0.4 is 11.1 Å². The van der Waals surface area contributed by atoms with Gasteiger partial charge in [-0.05, 0) is 25.3 Å². The average Bonchev–Trinajstić information content (AvgIpc) is 2.25. The van der Waals surface area contributed by atoms with Crippen molar-refractivity contribution in [3.8, 4) is 0 Å². The Balaban J connectivity index is 2.71. The van der Waals surface area contributed by atoms with Gasteiger partial charge in [0.2, 0.25) is 0 Å². The summed E-state index contributed by atoms with van der Waals surface area (Å²) in [6, 6.07) is 3.08. The van der Waals surface area contributed by atoms with E-state index in [2.05, 4.69) is 26.1 Å². The van der Waals surface area contributed by atoms with Crippen molar-refractivity contribution in [1.29, 1.82) is 0 Å². The lowest BCUT2D eigenvalue weighted by Crippen LogP contribution is -2.19. The number of hydrogen-bond donors (Lipinski definition) is 2. The molecule has 3 N–H and O–H groups in total. The smallest absolute Gasteiger partial charge is 0.143 e. The van der Waals surface area contributed by atoms with E-state index in [0.29, 0.717) is 17.3 Å². The second kappa shape index (κ2) is 6.10. The van der Waals surface area contributed by atoms with Crippen molar-refractivity contribution in [2.45, 2.75) is 39.7 Å². The normalized spacial score (nSPS) is 14.4. The Bertz CT molecular complexity index is 382. The molecule has 4 heteroatoms. The quantitative estimate of drug-likeness (QED) is 0.773. The van der Waals surface area contributed by atoms with E-state index in [1.54, 1.807) is 6.07 Å². The number of benzene rings is 1. The standard InChI is InChI=1S/C13H20ClFN2/c1-4-8(2)5-9(3)17-13-6-10(14)11(15)7-12(13)16/h6-9,17H,4-5,16H2,1-3H3. The zero-order valence-corrected chi connectivity index (χ0v) is 11.3. The zero-order valence-electron chi connectivity index (χ0n) is 10.6. The number of nitrogen functional groups attached to an aromatic ring is 1. The first kappa shape index (κ1) is 14.1. The monoisotopic (exact) mass is 258 g/mol. The summed E-state index contributed by atoms with van der Waals surface area (Å²) < 4.78 is 13.1. The number of anilines is 2. The minimum Gasteiger partial charge on any atom is -0.397 e. The highest BCUT2D eigenvalue weighted by Crippen LogP contribution is 2.27. The largest absolute Gasteiger partial charge is 0.397 e. The van der Waals surface area contributed by atoms with Crippen LogP contribution in [0.1, 0.15) is 33.6 Å². The Morgan fingerprint density at radius 2 is 2.06 bits per heavy atom. The molecule has 17 heavy (non-hydrogen) atoms. The fraction of sp³-hybridized carbons (Fsp3) is 0.538. The van der Waals surface area contributed by atoms with E-state index in [4.69, 9.17) is 17.3 Å². The van der Waals surface area contributed by atoms with Crippen LogP contribution in [0.5, 0.6) is 0 Å². The van der Waals surface area contributed by atoms with Gasteiger partial charge in [0.15, 0.2) is 0 Å². The van der Waals surface area contributed by atoms with Crippen molar-refractivity contribution < 1.29 is 4.39 Å². The van der Waals surface area contributed by atoms with Gasteiger partial charge in [-0.15, -0.1) is 0 Å². The van der Waals surface area contributed by atoms with Crippen molar-refractivity contribution in [2.75, 3.05) is 11.1 Å². The van der Waals surface area contributed by atoms with Gasteiger partial charge in [0.1, 0.15) is 5.82 Å². The summed E-state index contributed by atoms with van der Waals surface area (Å²) in [5, 5.41) is 3.36. The fourth-order valence-corrected chi connectivity index (χ4v) is 1.95. The Labute approximate surface area is 107 Å². The van der Waals surface area contributed by atoms with Crippen molar-refractivity contribution in [1.82, 2.24) is 0 Å². The van der Waals surface area contributed by atoms with Gasteiger partial charge >= 0.3 is 0 Å². The maximum Gasteiger partial charge on any atom is 0.143 e. The van der Waals surface area contributed by atoms with Gasteiger partial charge in [0, 0.05) is 12.1 Å². The maximum atomic E-state index is 13.1. The molecular weight excluding hydrogens is 239 g/mol. The van der Waals surface area contributed by atoms with Crippen LogP contribution in [0.15, 0.2) is 12.1 Å². The van der Waals surface area contributed by atoms with Crippen molar-refractivity contribution in [3.05, 3.63) is 23.0 Å². The van der Waals surface area contributed by atoms with Crippen LogP contribution in [-0.4, -0.2) is 6.04 Å². The minimum absolute atomic E-state index is 0.0949. The number of hydrogen-bond acceptors (Lipinski definition) is 2. The third-order valence-corrected chi connectivity index (χ3v) is 3.24. The highest BCUT2D eigenvalue weighted by molar-refractivity contribution is 6.31. The molecule has 0 aliphatic heterocycles. The van der Waals surface area contributed by atoms with Crippen molar-refractivity contribution in [3.63, 3.8) is 0 Å². The molecule has 0 saturated heterocycles. The summed E-state index contributed by atoms with van der Waals surface area (Å²) >= 11 is 5.73. The fourth-order valence-electron chi connectivity index (χ4n) is 1.78. The molecule has 96 valence electrons. The van der Waals surface area contributed by atoms with E-state index < -0.39 is 5.82 Å². The molecule has 0 saturated carbocycles. The molecule has 2 unspecified atom stereocenters. The summed E-state index contributed by atoms with van der Waals surface area (Å²) in [7, 11) is 0. The van der Waals surface area contributed by atoms with Crippen LogP contribution in [0.25, 0.3) is 0 Å². The molecule has 0 aliphatic rings. The highest BCUT2D eigenvalue weighted by atomic mass is 35.5. The molecule has 0 fully saturated rings. The molecule has 0 spiro atoms. The topological polar surface area (TPSA) is 38.0 Å². The van der Waals surface area contributed by atoms with E-state index in [0.717, 1.165) is 12.8 Å². The average molecular weight is 259 g/mol. The third kappa shape index (κ3) is 4.08. The first-order valence-corrected chi connectivity index (χ1v) is 6.32. The SMILES string of the molecule is CCC(C)CC(C)Nc1cc(Cl)c(F)cc1N. The lowest BCUT2D eigenvalue weighted by Gasteiger charge is -2.20. The number of nitrogens with one attached hydrogen (secondary N) is 1. The van der Waals surface area contributed by atoms with Gasteiger partial charge in [-0.2, -0.15) is 0 Å². The molecule has 0 bridgehead atoms. The number of halogens is 2. The molecule has 1 rings (SSSR count). The molecule has 0 aromatic heterocycles. The van der Waals surface area contributed by atoms with Gasteiger partial charge in [-0.25, -0.2) is 4.39 Å². The summed E-state index contributed by atoms with van der Waals surface area (Å²) in [5.41, 5.74) is 6.83. The lowest BCUT2D eigenvalue weighted by molar-refractivity contribution is 0.484. The summed E-state index contributed by atoms with van der Waals surface area (Å²) in [6.07, 6.45) is 2.19. The molecule has 0 amide bonds. The lowest BCUT2D eigenvalue weighted by atomic mass is 10.00. The van der Waals surface area contributed by atoms with Crippen LogP contribution in [-0.2, 0) is 0 Å². The van der Waals surface area contributed by atoms with E-state index >= 15 is 0 Å². The zero-order chi connectivity index (χ0) is 13.0. The number of rotatable bonds is 5. The second-order valence-corrected chi connectivity index (χ2v) is 5.06. The highest BCUT2D eigenvalue weighted by Gasteiger charge is 2.11. The summed E-state index contributed by atoms with van der Waals surface area (Å²) in [5.74, 6) is 0.166. The van der Waals surface area contributed by atoms with Gasteiger partial charge in [0.05, 0.1) is 16.4 Å². The Morgan fingerprint density at radius 3 is 2.65 bits per heavy atom. The first-order chi connectivity index (χ1) is 7.93. The van der Waals surface area contributed by atoms with Crippen LogP contribution in [0, 0.1) is 11.7 Å². The Hall–Kier alpha value is -0.960. The van der Waals surface area contributed by atoms with Crippen LogP contribution in [0.3, 0.4) is 0 Å². The molecule has 2 nitrogen and oxygen atoms in total. The first-order valence-electron chi connectivity index (χ1n) is 5.95. The van der Waals surface area contributed by atoms with E-state index in [1.807, 2.05) is 0 Å². The third-order valence-electron chi connectivity index (χ3n) is 2.95. The van der Waals surface area contributed by atoms with Gasteiger partial charge in [-0.1, -0.05) is 31.9 Å². The van der Waals surface area contributed by atoms with Crippen molar-refractivity contribution >= 4 is 23.0 Å². The van der Waals surface area contributed by atoms with Crippen molar-refractivity contribution in [2.24, 2.45) is 5.92 Å². The molecule has 2 atom stereocenters. The van der Waals surface area contributed by atoms with Crippen LogP contribution >= 0.6 is 11.6 Å². The van der Waals surface area contributed by atoms with Crippen LogP contribution in [0.2, 0.25) is 5.02 Å². The summed E-state index contributed by atoms with van der Waals surface area (Å²) in [4.78, 5) is 0. The van der Waals surface area contributed by atoms with E-state index in [9.17, 15) is 4.39 Å². The Morgan fingerprint density at radius 1 is 1.41 bits per heavy atom. The minimum atomic E-state index is -0.482. The van der Waals surface area contributed by atoms with E-state index in [1.165, 1.54) is 6.07 Å². The van der Waals surface area contributed by atoms with Gasteiger partial charge < -0.3 is 11.1 Å². The number of nitrogens with two attached hydrogens (primary N) is 1. The maximum absolute atomic E-state index is 13.1. The van der Waals surface area contributed by atoms with Crippen LogP contribution in [0.4, 0.5) is 15.8 Å². The molecule has 1 aromatic rings. The Kier molecular flexibility index (Phi) is 5.06. The molecular formula is C13H20ClFN2. The van der Waals surface area contributed by atoms with E-state index in [-0.39, 0.29) is 11.1 Å². The molecule has 0 radical (unpaired) electrons. The molecule has 0 heterocycles. The summed E-state index contributed by atoms with van der Waals surface area (Å²) in [6.45, 7) is 6.46. The van der Waals surface area contributed by atoms with Gasteiger partial charge in [-0.3, -0.25) is 0 Å². The second-order valence-electron chi connectivity index (χ2n) is 4.65. The van der Waals surface area contributed by atoms with Gasteiger partial charge in [0.25, 0.3) is 0 Å².